The van der Waals surface area contributed by atoms with Crippen LogP contribution in [0.2, 0.25) is 0 Å². The van der Waals surface area contributed by atoms with Gasteiger partial charge in [-0.1, -0.05) is 0 Å². The first kappa shape index (κ1) is 16.2. The van der Waals surface area contributed by atoms with Gasteiger partial charge in [0, 0.05) is 32.3 Å². The van der Waals surface area contributed by atoms with E-state index in [1.807, 2.05) is 4.90 Å². The molecule has 1 amide bonds. The number of carbonyl (C=O) groups is 1. The number of nitrogens with one attached hydrogen (secondary N) is 1. The number of aromatic nitrogens is 1. The number of pyridine rings is 1. The number of rotatable bonds is 6. The molecule has 0 unspecified atom stereocenters. The maximum Gasteiger partial charge on any atom is 0.287 e. The van der Waals surface area contributed by atoms with Gasteiger partial charge < -0.3 is 15.3 Å². The number of carbonyl (C=O) groups excluding carboxylic acids is 1. The molecule has 0 bridgehead atoms. The Morgan fingerprint density at radius 3 is 3.00 bits per heavy atom. The molecule has 0 radical (unpaired) electrons. The molecule has 0 aliphatic carbocycles. The van der Waals surface area contributed by atoms with Gasteiger partial charge in [-0.15, -0.1) is 0 Å². The van der Waals surface area contributed by atoms with Crippen LogP contribution in [0.25, 0.3) is 0 Å². The lowest BCUT2D eigenvalue weighted by molar-refractivity contribution is -0.385. The lowest BCUT2D eigenvalue weighted by Crippen LogP contribution is -2.43. The van der Waals surface area contributed by atoms with Gasteiger partial charge in [0.2, 0.25) is 5.91 Å². The number of hydrogen-bond acceptors (Lipinski definition) is 6. The first-order valence-corrected chi connectivity index (χ1v) is 7.36. The van der Waals surface area contributed by atoms with E-state index in [9.17, 15) is 14.9 Å². The highest BCUT2D eigenvalue weighted by atomic mass is 16.6. The third-order valence-electron chi connectivity index (χ3n) is 3.69. The van der Waals surface area contributed by atoms with Crippen molar-refractivity contribution in [1.82, 2.24) is 10.3 Å². The minimum absolute atomic E-state index is 0.0138. The molecule has 2 heterocycles. The van der Waals surface area contributed by atoms with E-state index in [-0.39, 0.29) is 24.1 Å². The Labute approximate surface area is 128 Å². The van der Waals surface area contributed by atoms with Gasteiger partial charge in [0.05, 0.1) is 10.8 Å². The third-order valence-corrected chi connectivity index (χ3v) is 3.69. The summed E-state index contributed by atoms with van der Waals surface area (Å²) in [6.45, 7) is 1.87. The molecule has 0 aromatic carbocycles. The predicted octanol–water partition coefficient (Wildman–Crippen LogP) is 0.705. The number of piperidine rings is 1. The highest BCUT2D eigenvalue weighted by Crippen LogP contribution is 2.23. The van der Waals surface area contributed by atoms with Crippen LogP contribution in [0.4, 0.5) is 11.5 Å². The number of nitrogens with zero attached hydrogens (tertiary/aromatic N) is 3. The van der Waals surface area contributed by atoms with Crippen LogP contribution < -0.4 is 10.2 Å². The van der Waals surface area contributed by atoms with Crippen molar-refractivity contribution < 1.29 is 14.8 Å². The molecule has 8 heteroatoms. The molecule has 22 heavy (non-hydrogen) atoms. The molecule has 0 saturated carbocycles. The number of amides is 1. The molecule has 1 atom stereocenters. The van der Waals surface area contributed by atoms with E-state index in [1.165, 1.54) is 12.3 Å². The molecule has 0 spiro atoms. The smallest absolute Gasteiger partial charge is 0.287 e. The lowest BCUT2D eigenvalue weighted by atomic mass is 9.97. The molecule has 2 N–H and O–H groups in total. The molecule has 2 rings (SSSR count). The van der Waals surface area contributed by atoms with Crippen LogP contribution in [0.3, 0.4) is 0 Å². The van der Waals surface area contributed by atoms with Gasteiger partial charge in [0.25, 0.3) is 5.69 Å². The minimum Gasteiger partial charge on any atom is -0.396 e. The van der Waals surface area contributed by atoms with Crippen LogP contribution in [-0.2, 0) is 4.79 Å². The highest BCUT2D eigenvalue weighted by Gasteiger charge is 2.26. The Kier molecular flexibility index (Phi) is 5.65. The highest BCUT2D eigenvalue weighted by molar-refractivity contribution is 5.79. The molecular weight excluding hydrogens is 288 g/mol. The second kappa shape index (κ2) is 7.69. The summed E-state index contributed by atoms with van der Waals surface area (Å²) >= 11 is 0. The fourth-order valence-corrected chi connectivity index (χ4v) is 2.51. The molecular formula is C14H20N4O4. The summed E-state index contributed by atoms with van der Waals surface area (Å²) in [5.41, 5.74) is -0.0425. The third kappa shape index (κ3) is 4.14. The van der Waals surface area contributed by atoms with Crippen LogP contribution in [0, 0.1) is 16.0 Å². The second-order valence-electron chi connectivity index (χ2n) is 5.29. The van der Waals surface area contributed by atoms with Gasteiger partial charge in [-0.05, 0) is 25.3 Å². The summed E-state index contributed by atoms with van der Waals surface area (Å²) < 4.78 is 0. The zero-order chi connectivity index (χ0) is 15.9. The first-order valence-electron chi connectivity index (χ1n) is 7.36. The summed E-state index contributed by atoms with van der Waals surface area (Å²) in [6.07, 6.45) is 3.47. The van der Waals surface area contributed by atoms with Gasteiger partial charge >= 0.3 is 0 Å². The van der Waals surface area contributed by atoms with Gasteiger partial charge in [0.1, 0.15) is 12.0 Å². The normalized spacial score (nSPS) is 18.0. The van der Waals surface area contributed by atoms with E-state index in [2.05, 4.69) is 10.3 Å². The molecule has 1 aliphatic heterocycles. The average molecular weight is 308 g/mol. The van der Waals surface area contributed by atoms with E-state index in [1.54, 1.807) is 6.07 Å². The Bertz CT molecular complexity index is 520. The number of nitro groups is 1. The van der Waals surface area contributed by atoms with E-state index < -0.39 is 4.92 Å². The molecule has 1 aromatic heterocycles. The summed E-state index contributed by atoms with van der Waals surface area (Å²) in [5.74, 6) is 0.517. The van der Waals surface area contributed by atoms with E-state index in [4.69, 9.17) is 5.11 Å². The number of aliphatic hydroxyl groups is 1. The predicted molar refractivity (Wildman–Crippen MR) is 80.5 cm³/mol. The van der Waals surface area contributed by atoms with E-state index in [0.29, 0.717) is 25.3 Å². The summed E-state index contributed by atoms with van der Waals surface area (Å²) in [5, 5.41) is 22.2. The molecule has 1 fully saturated rings. The zero-order valence-corrected chi connectivity index (χ0v) is 12.3. The lowest BCUT2D eigenvalue weighted by Gasteiger charge is -2.32. The van der Waals surface area contributed by atoms with Crippen LogP contribution >= 0.6 is 0 Å². The largest absolute Gasteiger partial charge is 0.396 e. The van der Waals surface area contributed by atoms with Gasteiger partial charge in [-0.3, -0.25) is 14.9 Å². The summed E-state index contributed by atoms with van der Waals surface area (Å²) in [7, 11) is 0. The van der Waals surface area contributed by atoms with Crippen molar-refractivity contribution in [2.45, 2.75) is 19.3 Å². The van der Waals surface area contributed by atoms with Crippen LogP contribution in [0.5, 0.6) is 0 Å². The summed E-state index contributed by atoms with van der Waals surface area (Å²) in [6, 6.07) is 3.04. The zero-order valence-electron chi connectivity index (χ0n) is 12.3. The molecule has 1 aromatic rings. The number of hydrogen-bond donors (Lipinski definition) is 2. The standard InChI is InChI=1S/C14H20N4O4/c19-8-2-6-15-14(20)11-3-1-7-17(10-11)13-5-4-12(9-16-13)18(21)22/h4-5,9,11,19H,1-3,6-8,10H2,(H,15,20)/t11-/m0/s1. The minimum atomic E-state index is -0.482. The SMILES string of the molecule is O=C(NCCCO)[C@H]1CCCN(c2ccc([N+](=O)[O-])cn2)C1. The van der Waals surface area contributed by atoms with Crippen molar-refractivity contribution in [2.24, 2.45) is 5.92 Å². The Balaban J connectivity index is 1.95. The first-order chi connectivity index (χ1) is 10.6. The van der Waals surface area contributed by atoms with Gasteiger partial charge in [-0.2, -0.15) is 0 Å². The van der Waals surface area contributed by atoms with Crippen molar-refractivity contribution in [1.29, 1.82) is 0 Å². The maximum atomic E-state index is 12.1. The van der Waals surface area contributed by atoms with Crippen LogP contribution in [0.1, 0.15) is 19.3 Å². The molecule has 8 nitrogen and oxygen atoms in total. The molecule has 1 saturated heterocycles. The van der Waals surface area contributed by atoms with Crippen LogP contribution in [-0.4, -0.2) is 47.2 Å². The average Bonchev–Trinajstić information content (AvgIpc) is 2.55. The van der Waals surface area contributed by atoms with Crippen molar-refractivity contribution in [3.8, 4) is 0 Å². The van der Waals surface area contributed by atoms with Crippen molar-refractivity contribution in [3.05, 3.63) is 28.4 Å². The topological polar surface area (TPSA) is 109 Å². The van der Waals surface area contributed by atoms with Crippen molar-refractivity contribution >= 4 is 17.4 Å². The second-order valence-corrected chi connectivity index (χ2v) is 5.29. The fourth-order valence-electron chi connectivity index (χ4n) is 2.51. The van der Waals surface area contributed by atoms with Gasteiger partial charge in [0.15, 0.2) is 0 Å². The fraction of sp³-hybridized carbons (Fsp3) is 0.571. The van der Waals surface area contributed by atoms with E-state index >= 15 is 0 Å². The van der Waals surface area contributed by atoms with E-state index in [0.717, 1.165) is 19.4 Å². The Morgan fingerprint density at radius 1 is 1.55 bits per heavy atom. The maximum absolute atomic E-state index is 12.1. The quantitative estimate of drug-likeness (QED) is 0.455. The Hall–Kier alpha value is -2.22. The van der Waals surface area contributed by atoms with Crippen molar-refractivity contribution in [2.75, 3.05) is 31.1 Å². The Morgan fingerprint density at radius 2 is 2.36 bits per heavy atom. The monoisotopic (exact) mass is 308 g/mol. The molecule has 1 aliphatic rings. The summed E-state index contributed by atoms with van der Waals surface area (Å²) in [4.78, 5) is 28.3. The molecule has 120 valence electrons. The number of anilines is 1. The number of aliphatic hydroxyl groups excluding tert-OH is 1. The van der Waals surface area contributed by atoms with Crippen molar-refractivity contribution in [3.63, 3.8) is 0 Å². The van der Waals surface area contributed by atoms with Gasteiger partial charge in [-0.25, -0.2) is 4.98 Å². The van der Waals surface area contributed by atoms with Crippen LogP contribution in [0.15, 0.2) is 18.3 Å².